The van der Waals surface area contributed by atoms with E-state index in [1.807, 2.05) is 6.92 Å². The number of halogens is 2. The normalized spacial score (nSPS) is 14.6. The lowest BCUT2D eigenvalue weighted by molar-refractivity contribution is 0.612. The Balaban J connectivity index is 2.31. The second kappa shape index (κ2) is 7.09. The van der Waals surface area contributed by atoms with Crippen LogP contribution in [0.3, 0.4) is 0 Å². The van der Waals surface area contributed by atoms with E-state index in [4.69, 9.17) is 11.6 Å². The molecule has 1 aromatic carbocycles. The number of benzene rings is 1. The third-order valence-electron chi connectivity index (χ3n) is 2.61. The highest BCUT2D eigenvalue weighted by Crippen LogP contribution is 2.15. The monoisotopic (exact) mass is 277 g/mol. The van der Waals surface area contributed by atoms with Crippen LogP contribution in [0.1, 0.15) is 18.9 Å². The van der Waals surface area contributed by atoms with E-state index >= 15 is 0 Å². The van der Waals surface area contributed by atoms with Crippen LogP contribution in [-0.2, 0) is 17.3 Å². The zero-order valence-corrected chi connectivity index (χ0v) is 11.6. The Hall–Kier alpha value is -0.450. The Morgan fingerprint density at radius 2 is 2.24 bits per heavy atom. The summed E-state index contributed by atoms with van der Waals surface area (Å²) in [4.78, 5) is 0. The average molecular weight is 278 g/mol. The summed E-state index contributed by atoms with van der Waals surface area (Å²) in [5, 5.41) is 3.52. The molecule has 1 aromatic rings. The van der Waals surface area contributed by atoms with E-state index in [0.29, 0.717) is 6.54 Å². The van der Waals surface area contributed by atoms with Gasteiger partial charge in [0.25, 0.3) is 0 Å². The molecule has 0 saturated carbocycles. The van der Waals surface area contributed by atoms with Crippen molar-refractivity contribution in [3.63, 3.8) is 0 Å². The molecule has 0 aliphatic rings. The fourth-order valence-electron chi connectivity index (χ4n) is 1.35. The maximum absolute atomic E-state index is 13.1. The smallest absolute Gasteiger partial charge is 0.142 e. The molecule has 2 nitrogen and oxygen atoms in total. The van der Waals surface area contributed by atoms with Crippen LogP contribution in [0.5, 0.6) is 0 Å². The highest BCUT2D eigenvalue weighted by Gasteiger charge is 2.05. The maximum atomic E-state index is 13.1. The van der Waals surface area contributed by atoms with Gasteiger partial charge in [-0.15, -0.1) is 0 Å². The van der Waals surface area contributed by atoms with E-state index in [-0.39, 0.29) is 10.3 Å². The first-order chi connectivity index (χ1) is 8.00. The van der Waals surface area contributed by atoms with Gasteiger partial charge in [0.15, 0.2) is 0 Å². The molecule has 1 rings (SSSR count). The van der Waals surface area contributed by atoms with Crippen molar-refractivity contribution in [2.24, 2.45) is 0 Å². The number of hydrogen-bond donors (Lipinski definition) is 1. The van der Waals surface area contributed by atoms with Crippen LogP contribution < -0.4 is 5.32 Å². The van der Waals surface area contributed by atoms with Crippen molar-refractivity contribution in [3.8, 4) is 0 Å². The molecule has 0 spiro atoms. The first-order valence-corrected chi connectivity index (χ1v) is 7.47. The van der Waals surface area contributed by atoms with Crippen molar-refractivity contribution in [3.05, 3.63) is 34.6 Å². The van der Waals surface area contributed by atoms with Crippen molar-refractivity contribution in [1.82, 2.24) is 5.32 Å². The molecule has 1 N–H and O–H groups in total. The van der Waals surface area contributed by atoms with E-state index in [1.165, 1.54) is 6.07 Å². The molecular weight excluding hydrogens is 261 g/mol. The van der Waals surface area contributed by atoms with Gasteiger partial charge in [-0.25, -0.2) is 4.39 Å². The third kappa shape index (κ3) is 5.15. The summed E-state index contributed by atoms with van der Waals surface area (Å²) in [5.41, 5.74) is 0.858. The second-order valence-corrected chi connectivity index (χ2v) is 6.23. The molecule has 0 aliphatic carbocycles. The van der Waals surface area contributed by atoms with Crippen LogP contribution in [0.2, 0.25) is 5.02 Å². The molecular formula is C12H17ClFNOS. The van der Waals surface area contributed by atoms with Gasteiger partial charge >= 0.3 is 0 Å². The molecule has 0 amide bonds. The summed E-state index contributed by atoms with van der Waals surface area (Å²) in [6.45, 7) is 3.32. The molecule has 0 aliphatic heterocycles. The number of hydrogen-bond acceptors (Lipinski definition) is 2. The van der Waals surface area contributed by atoms with Gasteiger partial charge in [0.2, 0.25) is 0 Å². The van der Waals surface area contributed by atoms with E-state index in [0.717, 1.165) is 18.5 Å². The average Bonchev–Trinajstić information content (AvgIpc) is 2.28. The van der Waals surface area contributed by atoms with Crippen LogP contribution >= 0.6 is 11.6 Å². The van der Waals surface area contributed by atoms with Crippen molar-refractivity contribution in [2.45, 2.75) is 25.1 Å². The molecule has 0 radical (unpaired) electrons. The van der Waals surface area contributed by atoms with Gasteiger partial charge in [0, 0.05) is 28.9 Å². The lowest BCUT2D eigenvalue weighted by Crippen LogP contribution is -2.20. The minimum Gasteiger partial charge on any atom is -0.313 e. The number of nitrogens with one attached hydrogen (secondary N) is 1. The summed E-state index contributed by atoms with van der Waals surface area (Å²) in [6, 6.07) is 4.77. The van der Waals surface area contributed by atoms with Gasteiger partial charge in [0.05, 0.1) is 5.02 Å². The molecule has 0 aromatic heterocycles. The lowest BCUT2D eigenvalue weighted by Gasteiger charge is -2.09. The van der Waals surface area contributed by atoms with E-state index < -0.39 is 16.6 Å². The van der Waals surface area contributed by atoms with Gasteiger partial charge in [-0.3, -0.25) is 4.21 Å². The Morgan fingerprint density at radius 3 is 2.82 bits per heavy atom. The Bertz CT molecular complexity index is 400. The minimum atomic E-state index is -0.782. The Kier molecular flexibility index (Phi) is 6.09. The Labute approximate surface area is 109 Å². The first kappa shape index (κ1) is 14.6. The molecule has 2 unspecified atom stereocenters. The van der Waals surface area contributed by atoms with Crippen LogP contribution in [0.4, 0.5) is 4.39 Å². The summed E-state index contributed by atoms with van der Waals surface area (Å²) in [7, 11) is -0.782. The molecule has 96 valence electrons. The largest absolute Gasteiger partial charge is 0.313 e. The molecule has 0 saturated heterocycles. The minimum absolute atomic E-state index is 0.142. The first-order valence-electron chi connectivity index (χ1n) is 5.47. The van der Waals surface area contributed by atoms with Gasteiger partial charge in [-0.1, -0.05) is 24.6 Å². The molecule has 2 atom stereocenters. The van der Waals surface area contributed by atoms with Crippen LogP contribution in [0.15, 0.2) is 18.2 Å². The Morgan fingerprint density at radius 1 is 1.53 bits per heavy atom. The molecule has 0 heterocycles. The van der Waals surface area contributed by atoms with E-state index in [2.05, 4.69) is 5.32 Å². The molecule has 17 heavy (non-hydrogen) atoms. The number of rotatable bonds is 6. The van der Waals surface area contributed by atoms with Gasteiger partial charge in [-0.2, -0.15) is 0 Å². The van der Waals surface area contributed by atoms with Crippen LogP contribution in [-0.4, -0.2) is 22.3 Å². The summed E-state index contributed by atoms with van der Waals surface area (Å²) >= 11 is 5.59. The topological polar surface area (TPSA) is 29.1 Å². The SMILES string of the molecule is CC(CCNCc1ccc(Cl)c(F)c1)S(C)=O. The van der Waals surface area contributed by atoms with Crippen molar-refractivity contribution in [2.75, 3.05) is 12.8 Å². The van der Waals surface area contributed by atoms with E-state index in [1.54, 1.807) is 18.4 Å². The molecule has 5 heteroatoms. The zero-order chi connectivity index (χ0) is 12.8. The lowest BCUT2D eigenvalue weighted by atomic mass is 10.2. The molecule has 0 fully saturated rings. The molecule has 0 bridgehead atoms. The summed E-state index contributed by atoms with van der Waals surface area (Å²) in [5.74, 6) is -0.394. The highest BCUT2D eigenvalue weighted by molar-refractivity contribution is 7.84. The van der Waals surface area contributed by atoms with Crippen molar-refractivity contribution < 1.29 is 8.60 Å². The van der Waals surface area contributed by atoms with Crippen LogP contribution in [0.25, 0.3) is 0 Å². The zero-order valence-electron chi connectivity index (χ0n) is 10.0. The fourth-order valence-corrected chi connectivity index (χ4v) is 1.92. The summed E-state index contributed by atoms with van der Waals surface area (Å²) < 4.78 is 24.2. The van der Waals surface area contributed by atoms with Crippen molar-refractivity contribution in [1.29, 1.82) is 0 Å². The van der Waals surface area contributed by atoms with Gasteiger partial charge in [0.1, 0.15) is 5.82 Å². The second-order valence-electron chi connectivity index (χ2n) is 4.02. The van der Waals surface area contributed by atoms with Crippen molar-refractivity contribution >= 4 is 22.4 Å². The summed E-state index contributed by atoms with van der Waals surface area (Å²) in [6.07, 6.45) is 2.55. The maximum Gasteiger partial charge on any atom is 0.142 e. The highest BCUT2D eigenvalue weighted by atomic mass is 35.5. The predicted octanol–water partition coefficient (Wildman–Crippen LogP) is 2.73. The third-order valence-corrected chi connectivity index (χ3v) is 4.28. The predicted molar refractivity (Wildman–Crippen MR) is 71.3 cm³/mol. The van der Waals surface area contributed by atoms with E-state index in [9.17, 15) is 8.60 Å². The van der Waals surface area contributed by atoms with Gasteiger partial charge < -0.3 is 5.32 Å². The van der Waals surface area contributed by atoms with Gasteiger partial charge in [-0.05, 0) is 30.7 Å². The van der Waals surface area contributed by atoms with Crippen LogP contribution in [0, 0.1) is 5.82 Å². The standard InChI is InChI=1S/C12H17ClFNOS/c1-9(17(2)16)5-6-15-8-10-3-4-11(13)12(14)7-10/h3-4,7,9,15H,5-6,8H2,1-2H3. The quantitative estimate of drug-likeness (QED) is 0.810. The fraction of sp³-hybridized carbons (Fsp3) is 0.500.